The molecule has 0 saturated carbocycles. The van der Waals surface area contributed by atoms with Crippen LogP contribution in [-0.2, 0) is 0 Å². The molecule has 4 nitrogen and oxygen atoms in total. The fraction of sp³-hybridized carbons (Fsp3) is 0.417. The number of rotatable bonds is 6. The van der Waals surface area contributed by atoms with Gasteiger partial charge in [0.1, 0.15) is 11.4 Å². The Morgan fingerprint density at radius 3 is 2.72 bits per heavy atom. The summed E-state index contributed by atoms with van der Waals surface area (Å²) in [5.74, 6) is -2.09. The molecular weight excluding hydrogens is 257 g/mol. The summed E-state index contributed by atoms with van der Waals surface area (Å²) in [5, 5.41) is 21.0. The fourth-order valence-corrected chi connectivity index (χ4v) is 2.26. The van der Waals surface area contributed by atoms with Gasteiger partial charge in [-0.15, -0.1) is 0 Å². The molecule has 0 amide bonds. The molecule has 0 aliphatic carbocycles. The van der Waals surface area contributed by atoms with Crippen LogP contribution in [0.4, 0.5) is 10.1 Å². The van der Waals surface area contributed by atoms with Gasteiger partial charge in [-0.2, -0.15) is 11.8 Å². The van der Waals surface area contributed by atoms with Gasteiger partial charge in [-0.25, -0.2) is 9.18 Å². The lowest BCUT2D eigenvalue weighted by molar-refractivity contribution is 0.0693. The first kappa shape index (κ1) is 14.8. The molecule has 6 heteroatoms. The van der Waals surface area contributed by atoms with Crippen molar-refractivity contribution in [3.8, 4) is 0 Å². The van der Waals surface area contributed by atoms with Crippen molar-refractivity contribution in [3.63, 3.8) is 0 Å². The standard InChI is InChI=1S/C12H16FNO3S/c1-7(10(6-15)18-2)14-9-5-3-4-8(13)11(9)12(16)17/h3-5,7,10,14-15H,6H2,1-2H3,(H,16,17). The van der Waals surface area contributed by atoms with E-state index in [1.165, 1.54) is 23.9 Å². The Kier molecular flexibility index (Phi) is 5.43. The summed E-state index contributed by atoms with van der Waals surface area (Å²) < 4.78 is 13.4. The van der Waals surface area contributed by atoms with Crippen LogP contribution in [-0.4, -0.2) is 40.3 Å². The summed E-state index contributed by atoms with van der Waals surface area (Å²) in [6.07, 6.45) is 1.85. The molecule has 3 N–H and O–H groups in total. The van der Waals surface area contributed by atoms with Crippen molar-refractivity contribution < 1.29 is 19.4 Å². The first-order valence-corrected chi connectivity index (χ1v) is 6.72. The quantitative estimate of drug-likeness (QED) is 0.740. The molecule has 2 unspecified atom stereocenters. The Labute approximate surface area is 109 Å². The highest BCUT2D eigenvalue weighted by molar-refractivity contribution is 7.99. The number of benzene rings is 1. The van der Waals surface area contributed by atoms with Crippen molar-refractivity contribution in [2.24, 2.45) is 0 Å². The molecule has 0 spiro atoms. The van der Waals surface area contributed by atoms with Crippen LogP contribution in [0.15, 0.2) is 18.2 Å². The number of carbonyl (C=O) groups is 1. The number of thioether (sulfide) groups is 1. The van der Waals surface area contributed by atoms with E-state index in [0.717, 1.165) is 6.07 Å². The summed E-state index contributed by atoms with van der Waals surface area (Å²) >= 11 is 1.46. The molecule has 1 rings (SSSR count). The topological polar surface area (TPSA) is 69.6 Å². The summed E-state index contributed by atoms with van der Waals surface area (Å²) in [5.41, 5.74) is -0.148. The largest absolute Gasteiger partial charge is 0.478 e. The minimum atomic E-state index is -1.31. The predicted molar refractivity (Wildman–Crippen MR) is 70.8 cm³/mol. The fourth-order valence-electron chi connectivity index (χ4n) is 1.64. The van der Waals surface area contributed by atoms with Crippen molar-refractivity contribution in [2.45, 2.75) is 18.2 Å². The van der Waals surface area contributed by atoms with E-state index in [0.29, 0.717) is 0 Å². The maximum Gasteiger partial charge on any atom is 0.340 e. The first-order valence-electron chi connectivity index (χ1n) is 5.43. The number of anilines is 1. The molecule has 0 aliphatic heterocycles. The van der Waals surface area contributed by atoms with Crippen LogP contribution >= 0.6 is 11.8 Å². The highest BCUT2D eigenvalue weighted by Crippen LogP contribution is 2.22. The molecule has 0 fully saturated rings. The van der Waals surface area contributed by atoms with Crippen LogP contribution in [0.2, 0.25) is 0 Å². The molecule has 0 aromatic heterocycles. The molecular formula is C12H16FNO3S. The van der Waals surface area contributed by atoms with Gasteiger partial charge in [0.05, 0.1) is 12.3 Å². The molecule has 0 heterocycles. The number of carboxylic acid groups (broad SMARTS) is 1. The zero-order valence-corrected chi connectivity index (χ0v) is 11.0. The van der Waals surface area contributed by atoms with Crippen LogP contribution in [0.25, 0.3) is 0 Å². The lowest BCUT2D eigenvalue weighted by Gasteiger charge is -2.23. The van der Waals surface area contributed by atoms with Gasteiger partial charge in [-0.05, 0) is 25.3 Å². The molecule has 0 bridgehead atoms. The number of hydrogen-bond donors (Lipinski definition) is 3. The van der Waals surface area contributed by atoms with E-state index in [-0.39, 0.29) is 29.1 Å². The highest BCUT2D eigenvalue weighted by Gasteiger charge is 2.20. The summed E-state index contributed by atoms with van der Waals surface area (Å²) in [7, 11) is 0. The third-order valence-corrected chi connectivity index (χ3v) is 3.81. The smallest absolute Gasteiger partial charge is 0.340 e. The Morgan fingerprint density at radius 1 is 1.56 bits per heavy atom. The number of nitrogens with one attached hydrogen (secondary N) is 1. The Bertz CT molecular complexity index is 424. The van der Waals surface area contributed by atoms with Gasteiger partial charge in [0.25, 0.3) is 0 Å². The second-order valence-electron chi connectivity index (χ2n) is 3.86. The minimum absolute atomic E-state index is 0.0347. The number of aromatic carboxylic acids is 1. The van der Waals surface area contributed by atoms with Crippen LogP contribution in [0.5, 0.6) is 0 Å². The SMILES string of the molecule is CSC(CO)C(C)Nc1cccc(F)c1C(=O)O. The zero-order chi connectivity index (χ0) is 13.7. The molecule has 0 saturated heterocycles. The number of hydrogen-bond acceptors (Lipinski definition) is 4. The first-order chi connectivity index (χ1) is 8.51. The maximum atomic E-state index is 13.4. The van der Waals surface area contributed by atoms with Crippen LogP contribution in [0.1, 0.15) is 17.3 Å². The average molecular weight is 273 g/mol. The molecule has 0 radical (unpaired) electrons. The van der Waals surface area contributed by atoms with Crippen molar-refractivity contribution in [1.29, 1.82) is 0 Å². The van der Waals surface area contributed by atoms with Crippen molar-refractivity contribution in [3.05, 3.63) is 29.6 Å². The van der Waals surface area contributed by atoms with Crippen LogP contribution < -0.4 is 5.32 Å². The second-order valence-corrected chi connectivity index (χ2v) is 4.93. The van der Waals surface area contributed by atoms with Crippen molar-refractivity contribution >= 4 is 23.4 Å². The van der Waals surface area contributed by atoms with E-state index >= 15 is 0 Å². The van der Waals surface area contributed by atoms with Crippen LogP contribution in [0.3, 0.4) is 0 Å². The second kappa shape index (κ2) is 6.61. The summed E-state index contributed by atoms with van der Waals surface area (Å²) in [6.45, 7) is 1.78. The average Bonchev–Trinajstić information content (AvgIpc) is 2.30. The van der Waals surface area contributed by atoms with E-state index in [1.54, 1.807) is 0 Å². The normalized spacial score (nSPS) is 14.0. The molecule has 2 atom stereocenters. The van der Waals surface area contributed by atoms with Crippen molar-refractivity contribution in [1.82, 2.24) is 0 Å². The molecule has 1 aromatic carbocycles. The van der Waals surface area contributed by atoms with Gasteiger partial charge in [0.15, 0.2) is 0 Å². The third-order valence-electron chi connectivity index (χ3n) is 2.65. The van der Waals surface area contributed by atoms with E-state index < -0.39 is 11.8 Å². The van der Waals surface area contributed by atoms with Crippen molar-refractivity contribution in [2.75, 3.05) is 18.2 Å². The molecule has 1 aromatic rings. The highest BCUT2D eigenvalue weighted by atomic mass is 32.2. The maximum absolute atomic E-state index is 13.4. The Hall–Kier alpha value is -1.27. The lowest BCUT2D eigenvalue weighted by Crippen LogP contribution is -2.31. The van der Waals surface area contributed by atoms with Gasteiger partial charge in [0, 0.05) is 11.3 Å². The Balaban J connectivity index is 2.97. The van der Waals surface area contributed by atoms with Gasteiger partial charge in [-0.3, -0.25) is 0 Å². The molecule has 18 heavy (non-hydrogen) atoms. The van der Waals surface area contributed by atoms with Gasteiger partial charge in [0.2, 0.25) is 0 Å². The van der Waals surface area contributed by atoms with Gasteiger partial charge in [-0.1, -0.05) is 6.07 Å². The minimum Gasteiger partial charge on any atom is -0.478 e. The molecule has 100 valence electrons. The number of halogens is 1. The summed E-state index contributed by atoms with van der Waals surface area (Å²) in [4.78, 5) is 11.0. The van der Waals surface area contributed by atoms with E-state index in [2.05, 4.69) is 5.32 Å². The predicted octanol–water partition coefficient (Wildman–Crippen LogP) is 2.05. The number of carboxylic acids is 1. The zero-order valence-electron chi connectivity index (χ0n) is 10.2. The van der Waals surface area contributed by atoms with E-state index in [4.69, 9.17) is 10.2 Å². The molecule has 0 aliphatic rings. The number of aliphatic hydroxyl groups excluding tert-OH is 1. The Morgan fingerprint density at radius 2 is 2.22 bits per heavy atom. The number of aliphatic hydroxyl groups is 1. The third kappa shape index (κ3) is 3.36. The lowest BCUT2D eigenvalue weighted by atomic mass is 10.1. The summed E-state index contributed by atoms with van der Waals surface area (Å²) in [6, 6.07) is 3.89. The van der Waals surface area contributed by atoms with Gasteiger partial charge < -0.3 is 15.5 Å². The van der Waals surface area contributed by atoms with E-state index in [1.807, 2.05) is 13.2 Å². The van der Waals surface area contributed by atoms with Crippen LogP contribution in [0, 0.1) is 5.82 Å². The van der Waals surface area contributed by atoms with E-state index in [9.17, 15) is 9.18 Å². The van der Waals surface area contributed by atoms with Gasteiger partial charge >= 0.3 is 5.97 Å². The monoisotopic (exact) mass is 273 g/mol.